The summed E-state index contributed by atoms with van der Waals surface area (Å²) in [6.45, 7) is 7.92. The fourth-order valence-electron chi connectivity index (χ4n) is 4.28. The van der Waals surface area contributed by atoms with Crippen molar-refractivity contribution in [2.45, 2.75) is 38.9 Å². The second-order valence-electron chi connectivity index (χ2n) is 7.83. The van der Waals surface area contributed by atoms with Crippen LogP contribution in [0.15, 0.2) is 42.6 Å². The molecule has 0 aliphatic carbocycles. The van der Waals surface area contributed by atoms with Crippen molar-refractivity contribution < 1.29 is 14.3 Å². The summed E-state index contributed by atoms with van der Waals surface area (Å²) in [7, 11) is 0. The number of benzene rings is 1. The van der Waals surface area contributed by atoms with Crippen molar-refractivity contribution in [3.05, 3.63) is 53.9 Å². The molecular formula is C23H31N3O3. The molecule has 0 N–H and O–H groups in total. The van der Waals surface area contributed by atoms with E-state index in [2.05, 4.69) is 46.9 Å². The van der Waals surface area contributed by atoms with E-state index >= 15 is 0 Å². The van der Waals surface area contributed by atoms with Gasteiger partial charge in [0, 0.05) is 44.6 Å². The monoisotopic (exact) mass is 397 g/mol. The molecule has 1 fully saturated rings. The maximum absolute atomic E-state index is 12.2. The Balaban J connectivity index is 1.32. The predicted octanol–water partition coefficient (Wildman–Crippen LogP) is 3.08. The quantitative estimate of drug-likeness (QED) is 0.720. The molecule has 29 heavy (non-hydrogen) atoms. The van der Waals surface area contributed by atoms with Gasteiger partial charge in [0.1, 0.15) is 5.75 Å². The van der Waals surface area contributed by atoms with E-state index in [0.29, 0.717) is 32.3 Å². The van der Waals surface area contributed by atoms with E-state index in [1.807, 2.05) is 12.1 Å². The fourth-order valence-corrected chi connectivity index (χ4v) is 4.28. The summed E-state index contributed by atoms with van der Waals surface area (Å²) >= 11 is 0. The van der Waals surface area contributed by atoms with Gasteiger partial charge in [0.15, 0.2) is 6.61 Å². The van der Waals surface area contributed by atoms with Crippen LogP contribution in [0.1, 0.15) is 37.1 Å². The maximum Gasteiger partial charge on any atom is 0.260 e. The van der Waals surface area contributed by atoms with E-state index in [1.54, 1.807) is 4.90 Å². The largest absolute Gasteiger partial charge is 0.484 e. The van der Waals surface area contributed by atoms with Gasteiger partial charge in [-0.25, -0.2) is 0 Å². The molecule has 6 nitrogen and oxygen atoms in total. The van der Waals surface area contributed by atoms with Gasteiger partial charge < -0.3 is 18.9 Å². The van der Waals surface area contributed by atoms with Crippen LogP contribution in [0.5, 0.6) is 5.75 Å². The molecule has 6 heteroatoms. The van der Waals surface area contributed by atoms with Gasteiger partial charge in [0.2, 0.25) is 0 Å². The van der Waals surface area contributed by atoms with Gasteiger partial charge in [-0.1, -0.05) is 25.5 Å². The van der Waals surface area contributed by atoms with E-state index in [1.165, 1.54) is 24.1 Å². The van der Waals surface area contributed by atoms with Crippen LogP contribution in [0, 0.1) is 0 Å². The van der Waals surface area contributed by atoms with Crippen LogP contribution < -0.4 is 4.74 Å². The predicted molar refractivity (Wildman–Crippen MR) is 112 cm³/mol. The summed E-state index contributed by atoms with van der Waals surface area (Å²) in [5.74, 6) is 0.768. The van der Waals surface area contributed by atoms with Gasteiger partial charge in [0.05, 0.1) is 19.3 Å². The molecule has 0 radical (unpaired) electrons. The van der Waals surface area contributed by atoms with Crippen LogP contribution in [0.3, 0.4) is 0 Å². The Hall–Kier alpha value is -2.31. The zero-order valence-corrected chi connectivity index (χ0v) is 17.3. The number of aromatic nitrogens is 1. The molecule has 2 aliphatic rings. The van der Waals surface area contributed by atoms with E-state index in [9.17, 15) is 4.79 Å². The Morgan fingerprint density at radius 3 is 2.66 bits per heavy atom. The number of ether oxygens (including phenoxy) is 2. The van der Waals surface area contributed by atoms with Gasteiger partial charge in [-0.3, -0.25) is 9.69 Å². The Bertz CT molecular complexity index is 796. The second-order valence-corrected chi connectivity index (χ2v) is 7.83. The lowest BCUT2D eigenvalue weighted by atomic mass is 10.0. The highest BCUT2D eigenvalue weighted by molar-refractivity contribution is 5.77. The maximum atomic E-state index is 12.2. The topological polar surface area (TPSA) is 46.9 Å². The highest BCUT2D eigenvalue weighted by Gasteiger charge is 2.26. The Labute approximate surface area is 173 Å². The summed E-state index contributed by atoms with van der Waals surface area (Å²) < 4.78 is 13.4. The van der Waals surface area contributed by atoms with Gasteiger partial charge >= 0.3 is 0 Å². The molecule has 1 aromatic carbocycles. The van der Waals surface area contributed by atoms with Crippen molar-refractivity contribution in [3.63, 3.8) is 0 Å². The SMILES string of the molecule is CCC[C@@H]1c2cccn2CCN1Cc1ccc(OCC(=O)N2CCOCC2)cc1. The molecule has 1 amide bonds. The van der Waals surface area contributed by atoms with Gasteiger partial charge in [0.25, 0.3) is 5.91 Å². The standard InChI is InChI=1S/C23H31N3O3/c1-2-4-21-22-5-3-10-24(22)11-12-26(21)17-19-6-8-20(9-7-19)29-18-23(27)25-13-15-28-16-14-25/h3,5-10,21H,2,4,11-18H2,1H3/t21-/m1/s1. The lowest BCUT2D eigenvalue weighted by molar-refractivity contribution is -0.137. The molecule has 0 unspecified atom stereocenters. The van der Waals surface area contributed by atoms with Crippen LogP contribution >= 0.6 is 0 Å². The first-order valence-corrected chi connectivity index (χ1v) is 10.7. The number of fused-ring (bicyclic) bond motifs is 1. The molecule has 2 aromatic rings. The third-order valence-corrected chi connectivity index (χ3v) is 5.87. The molecule has 1 atom stereocenters. The van der Waals surface area contributed by atoms with Gasteiger partial charge in [-0.05, 0) is 36.2 Å². The van der Waals surface area contributed by atoms with Crippen LogP contribution in [0.4, 0.5) is 0 Å². The Morgan fingerprint density at radius 1 is 1.10 bits per heavy atom. The molecule has 156 valence electrons. The van der Waals surface area contributed by atoms with Crippen molar-refractivity contribution in [3.8, 4) is 5.75 Å². The highest BCUT2D eigenvalue weighted by atomic mass is 16.5. The first kappa shape index (κ1) is 20.0. The minimum Gasteiger partial charge on any atom is -0.484 e. The van der Waals surface area contributed by atoms with Crippen molar-refractivity contribution in [2.24, 2.45) is 0 Å². The van der Waals surface area contributed by atoms with Crippen molar-refractivity contribution in [1.82, 2.24) is 14.4 Å². The number of rotatable bonds is 7. The zero-order chi connectivity index (χ0) is 20.1. The first-order valence-electron chi connectivity index (χ1n) is 10.7. The summed E-state index contributed by atoms with van der Waals surface area (Å²) in [4.78, 5) is 16.6. The Morgan fingerprint density at radius 2 is 1.90 bits per heavy atom. The minimum absolute atomic E-state index is 0.0242. The molecule has 1 saturated heterocycles. The third kappa shape index (κ3) is 4.82. The summed E-state index contributed by atoms with van der Waals surface area (Å²) in [6.07, 6.45) is 4.55. The van der Waals surface area contributed by atoms with E-state index in [0.717, 1.165) is 25.4 Å². The third-order valence-electron chi connectivity index (χ3n) is 5.87. The minimum atomic E-state index is 0.0242. The Kier molecular flexibility index (Phi) is 6.52. The molecule has 4 rings (SSSR count). The van der Waals surface area contributed by atoms with E-state index in [4.69, 9.17) is 9.47 Å². The van der Waals surface area contributed by atoms with Crippen molar-refractivity contribution in [1.29, 1.82) is 0 Å². The second kappa shape index (κ2) is 9.46. The molecular weight excluding hydrogens is 366 g/mol. The highest BCUT2D eigenvalue weighted by Crippen LogP contribution is 2.31. The van der Waals surface area contributed by atoms with Crippen LogP contribution in [0.2, 0.25) is 0 Å². The number of morpholine rings is 1. The molecule has 3 heterocycles. The molecule has 0 saturated carbocycles. The van der Waals surface area contributed by atoms with Crippen LogP contribution in [-0.2, 0) is 22.6 Å². The number of hydrogen-bond donors (Lipinski definition) is 0. The summed E-state index contributed by atoms with van der Waals surface area (Å²) in [5, 5.41) is 0. The van der Waals surface area contributed by atoms with E-state index in [-0.39, 0.29) is 12.5 Å². The smallest absolute Gasteiger partial charge is 0.260 e. The van der Waals surface area contributed by atoms with Crippen LogP contribution in [0.25, 0.3) is 0 Å². The van der Waals surface area contributed by atoms with E-state index < -0.39 is 0 Å². The summed E-state index contributed by atoms with van der Waals surface area (Å²) in [5.41, 5.74) is 2.71. The number of carbonyl (C=O) groups excluding carboxylic acids is 1. The lowest BCUT2D eigenvalue weighted by Gasteiger charge is -2.37. The molecule has 2 aliphatic heterocycles. The van der Waals surface area contributed by atoms with Crippen molar-refractivity contribution in [2.75, 3.05) is 39.5 Å². The molecule has 0 bridgehead atoms. The van der Waals surface area contributed by atoms with Crippen LogP contribution in [-0.4, -0.2) is 59.7 Å². The number of carbonyl (C=O) groups is 1. The first-order chi connectivity index (χ1) is 14.2. The van der Waals surface area contributed by atoms with Crippen molar-refractivity contribution >= 4 is 5.91 Å². The summed E-state index contributed by atoms with van der Waals surface area (Å²) in [6, 6.07) is 13.1. The molecule has 1 aromatic heterocycles. The number of amides is 1. The molecule has 0 spiro atoms. The number of hydrogen-bond acceptors (Lipinski definition) is 4. The fraction of sp³-hybridized carbons (Fsp3) is 0.522. The zero-order valence-electron chi connectivity index (χ0n) is 17.3. The van der Waals surface area contributed by atoms with Gasteiger partial charge in [-0.15, -0.1) is 0 Å². The average Bonchev–Trinajstić information content (AvgIpc) is 3.24. The lowest BCUT2D eigenvalue weighted by Crippen LogP contribution is -2.42. The van der Waals surface area contributed by atoms with Gasteiger partial charge in [-0.2, -0.15) is 0 Å². The number of nitrogens with zero attached hydrogens (tertiary/aromatic N) is 3. The normalized spacial score (nSPS) is 19.8. The average molecular weight is 398 g/mol.